The first-order valence-corrected chi connectivity index (χ1v) is 15.5. The van der Waals surface area contributed by atoms with Crippen molar-refractivity contribution in [2.45, 2.75) is 87.9 Å². The molecule has 0 aliphatic heterocycles. The van der Waals surface area contributed by atoms with E-state index in [-0.39, 0.29) is 37.2 Å². The van der Waals surface area contributed by atoms with Gasteiger partial charge in [0.05, 0.1) is 0 Å². The normalized spacial score (nSPS) is 11.0. The number of carbonyl (C=O) groups is 4. The Morgan fingerprint density at radius 2 is 1.04 bits per heavy atom. The standard InChI is InChI=1S/2C5H8O3.2C4H9.Sn/c2*1-4(6)2-3-5(7)8;2*1-3-4-2;/h2*2-3H2,1H3,(H,7,8);2*1,3-4H2,2H3;/q;;;;+2/p-2. The monoisotopic (exact) mass is 464 g/mol. The second-order valence-electron chi connectivity index (χ2n) is 6.47. The molecular weight excluding hydrogens is 431 g/mol. The number of unbranched alkanes of at least 4 members (excludes halogenated alkanes) is 2. The summed E-state index contributed by atoms with van der Waals surface area (Å²) < 4.78 is 12.8. The Hall–Kier alpha value is -0.921. The van der Waals surface area contributed by atoms with Gasteiger partial charge in [-0.3, -0.25) is 0 Å². The van der Waals surface area contributed by atoms with Crippen molar-refractivity contribution in [2.75, 3.05) is 0 Å². The quantitative estimate of drug-likeness (QED) is 0.364. The molecule has 0 aromatic heterocycles. The van der Waals surface area contributed by atoms with Crippen LogP contribution in [0, 0.1) is 0 Å². The predicted molar refractivity (Wildman–Crippen MR) is 97.2 cm³/mol. The van der Waals surface area contributed by atoms with Crippen LogP contribution >= 0.6 is 0 Å². The molecule has 0 aliphatic carbocycles. The van der Waals surface area contributed by atoms with Crippen LogP contribution in [0.3, 0.4) is 0 Å². The molecular formula is C18H32O6Sn. The van der Waals surface area contributed by atoms with Crippen LogP contribution in [0.2, 0.25) is 8.87 Å². The zero-order chi connectivity index (χ0) is 19.3. The minimum atomic E-state index is -3.92. The summed E-state index contributed by atoms with van der Waals surface area (Å²) in [6.45, 7) is 6.93. The molecule has 0 heterocycles. The third-order valence-corrected chi connectivity index (χ3v) is 13.6. The van der Waals surface area contributed by atoms with Crippen LogP contribution in [0.4, 0.5) is 0 Å². The zero-order valence-corrected chi connectivity index (χ0v) is 18.9. The molecule has 25 heavy (non-hydrogen) atoms. The first-order chi connectivity index (χ1) is 11.7. The average Bonchev–Trinajstić information content (AvgIpc) is 2.54. The van der Waals surface area contributed by atoms with Gasteiger partial charge in [0.25, 0.3) is 0 Å². The summed E-state index contributed by atoms with van der Waals surface area (Å²) in [5.41, 5.74) is 0. The van der Waals surface area contributed by atoms with E-state index in [1.165, 1.54) is 13.8 Å². The van der Waals surface area contributed by atoms with Crippen molar-refractivity contribution in [1.29, 1.82) is 0 Å². The van der Waals surface area contributed by atoms with E-state index in [1.54, 1.807) is 0 Å². The number of hydrogen-bond donors (Lipinski definition) is 0. The van der Waals surface area contributed by atoms with Crippen LogP contribution in [0.15, 0.2) is 0 Å². The molecule has 0 N–H and O–H groups in total. The molecule has 0 radical (unpaired) electrons. The van der Waals surface area contributed by atoms with E-state index in [4.69, 9.17) is 6.15 Å². The van der Waals surface area contributed by atoms with Gasteiger partial charge >= 0.3 is 156 Å². The van der Waals surface area contributed by atoms with Crippen molar-refractivity contribution in [3.8, 4) is 0 Å². The van der Waals surface area contributed by atoms with Crippen LogP contribution in [-0.4, -0.2) is 42.7 Å². The van der Waals surface area contributed by atoms with Crippen molar-refractivity contribution in [3.63, 3.8) is 0 Å². The van der Waals surface area contributed by atoms with Gasteiger partial charge in [0.2, 0.25) is 0 Å². The summed E-state index contributed by atoms with van der Waals surface area (Å²) in [5.74, 6) is -1.04. The summed E-state index contributed by atoms with van der Waals surface area (Å²) in [4.78, 5) is 46.5. The molecule has 0 amide bonds. The van der Waals surface area contributed by atoms with Gasteiger partial charge < -0.3 is 0 Å². The fraction of sp³-hybridized carbons (Fsp3) is 0.778. The van der Waals surface area contributed by atoms with E-state index in [0.717, 1.165) is 25.7 Å². The molecule has 7 heteroatoms. The fourth-order valence-electron chi connectivity index (χ4n) is 2.32. The molecule has 0 fully saturated rings. The van der Waals surface area contributed by atoms with Gasteiger partial charge in [-0.15, -0.1) is 0 Å². The van der Waals surface area contributed by atoms with Crippen LogP contribution in [0.5, 0.6) is 0 Å². The van der Waals surface area contributed by atoms with E-state index < -0.39 is 31.1 Å². The molecule has 0 spiro atoms. The van der Waals surface area contributed by atoms with Gasteiger partial charge in [-0.1, -0.05) is 0 Å². The van der Waals surface area contributed by atoms with E-state index >= 15 is 0 Å². The van der Waals surface area contributed by atoms with Crippen molar-refractivity contribution in [2.24, 2.45) is 0 Å². The molecule has 144 valence electrons. The van der Waals surface area contributed by atoms with Crippen molar-refractivity contribution >= 4 is 42.7 Å². The van der Waals surface area contributed by atoms with Gasteiger partial charge in [0.1, 0.15) is 0 Å². The van der Waals surface area contributed by atoms with Gasteiger partial charge in [0.15, 0.2) is 0 Å². The van der Waals surface area contributed by atoms with E-state index in [1.807, 2.05) is 13.8 Å². The van der Waals surface area contributed by atoms with Crippen molar-refractivity contribution < 1.29 is 25.3 Å². The molecule has 6 nitrogen and oxygen atoms in total. The van der Waals surface area contributed by atoms with Gasteiger partial charge in [-0.05, 0) is 0 Å². The molecule has 0 atom stereocenters. The fourth-order valence-corrected chi connectivity index (χ4v) is 12.4. The van der Waals surface area contributed by atoms with E-state index in [2.05, 4.69) is 0 Å². The van der Waals surface area contributed by atoms with Gasteiger partial charge in [-0.25, -0.2) is 0 Å². The Morgan fingerprint density at radius 3 is 1.32 bits per heavy atom. The Labute approximate surface area is 156 Å². The summed E-state index contributed by atoms with van der Waals surface area (Å²) in [7, 11) is 0. The first kappa shape index (κ1) is 24.1. The molecule has 0 aliphatic rings. The number of hydrogen-bond acceptors (Lipinski definition) is 6. The maximum absolute atomic E-state index is 12.2. The summed E-state index contributed by atoms with van der Waals surface area (Å²) in [6.07, 6.45) is 3.83. The first-order valence-electron chi connectivity index (χ1n) is 9.17. The van der Waals surface area contributed by atoms with E-state index in [9.17, 15) is 19.2 Å². The Morgan fingerprint density at radius 1 is 0.680 bits per heavy atom. The molecule has 0 aromatic rings. The van der Waals surface area contributed by atoms with Crippen LogP contribution in [0.1, 0.15) is 79.1 Å². The second kappa shape index (κ2) is 13.3. The Bertz CT molecular complexity index is 418. The van der Waals surface area contributed by atoms with Crippen LogP contribution < -0.4 is 0 Å². The molecule has 0 unspecified atom stereocenters. The van der Waals surface area contributed by atoms with Gasteiger partial charge in [0, 0.05) is 0 Å². The molecule has 0 rings (SSSR count). The maximum atomic E-state index is 12.2. The number of Topliss-reactive ketones (excluding diaryl/α,β-unsaturated/α-hetero) is 2. The third-order valence-electron chi connectivity index (χ3n) is 3.78. The third kappa shape index (κ3) is 12.1. The summed E-state index contributed by atoms with van der Waals surface area (Å²) in [6, 6.07) is 0. The molecule has 0 saturated heterocycles. The average molecular weight is 463 g/mol. The number of ketones is 2. The number of carbonyl (C=O) groups excluding carboxylic acids is 4. The van der Waals surface area contributed by atoms with E-state index in [0.29, 0.717) is 8.87 Å². The van der Waals surface area contributed by atoms with Crippen molar-refractivity contribution in [1.82, 2.24) is 0 Å². The topological polar surface area (TPSA) is 86.7 Å². The summed E-state index contributed by atoms with van der Waals surface area (Å²) in [5, 5.41) is 0. The molecule has 0 aromatic carbocycles. The minimum absolute atomic E-state index is 0.0250. The van der Waals surface area contributed by atoms with Crippen molar-refractivity contribution in [3.05, 3.63) is 0 Å². The SMILES string of the molecule is CCC[CH2][Sn]([CH2]CCC)([O]C(=O)CCC(C)=O)[O]C(=O)CCC(C)=O. The molecule has 0 bridgehead atoms. The number of rotatable bonds is 14. The van der Waals surface area contributed by atoms with Crippen LogP contribution in [0.25, 0.3) is 0 Å². The second-order valence-corrected chi connectivity index (χ2v) is 15.7. The molecule has 0 saturated carbocycles. The van der Waals surface area contributed by atoms with Gasteiger partial charge in [-0.2, -0.15) is 0 Å². The van der Waals surface area contributed by atoms with Crippen LogP contribution in [-0.2, 0) is 25.3 Å². The Balaban J connectivity index is 5.11. The zero-order valence-electron chi connectivity index (χ0n) is 16.0. The Kier molecular flexibility index (Phi) is 12.8. The predicted octanol–water partition coefficient (Wildman–Crippen LogP) is 3.85. The summed E-state index contributed by atoms with van der Waals surface area (Å²) >= 11 is -3.92.